The number of hydrogen-bond donors (Lipinski definition) is 1. The van der Waals surface area contributed by atoms with E-state index in [0.29, 0.717) is 16.9 Å². The number of ketones is 1. The van der Waals surface area contributed by atoms with Crippen molar-refractivity contribution in [2.75, 3.05) is 4.90 Å². The van der Waals surface area contributed by atoms with Crippen LogP contribution in [0.5, 0.6) is 0 Å². The van der Waals surface area contributed by atoms with Gasteiger partial charge < -0.3 is 5.73 Å². The van der Waals surface area contributed by atoms with E-state index in [0.717, 1.165) is 5.56 Å². The molecular formula is C15H13N2NaO2. The van der Waals surface area contributed by atoms with Crippen molar-refractivity contribution >= 4 is 52.7 Å². The van der Waals surface area contributed by atoms with Crippen molar-refractivity contribution in [1.82, 2.24) is 0 Å². The Morgan fingerprint density at radius 3 is 2.30 bits per heavy atom. The van der Waals surface area contributed by atoms with Crippen LogP contribution < -0.4 is 10.6 Å². The van der Waals surface area contributed by atoms with Gasteiger partial charge in [-0.2, -0.15) is 0 Å². The van der Waals surface area contributed by atoms with Gasteiger partial charge in [-0.3, -0.25) is 9.69 Å². The number of hydrogen-bond acceptors (Lipinski definition) is 2. The number of carbonyl (C=O) groups is 2. The molecule has 1 aliphatic rings. The first-order valence-corrected chi connectivity index (χ1v) is 5.98. The molecule has 1 aliphatic heterocycles. The van der Waals surface area contributed by atoms with Gasteiger partial charge in [-0.1, -0.05) is 30.3 Å². The molecule has 0 unspecified atom stereocenters. The molecule has 0 atom stereocenters. The van der Waals surface area contributed by atoms with Gasteiger partial charge in [0.1, 0.15) is 0 Å². The van der Waals surface area contributed by atoms with Crippen molar-refractivity contribution < 1.29 is 9.59 Å². The second-order valence-electron chi connectivity index (χ2n) is 4.42. The van der Waals surface area contributed by atoms with E-state index < -0.39 is 6.03 Å². The van der Waals surface area contributed by atoms with Crippen molar-refractivity contribution in [3.8, 4) is 0 Å². The molecule has 96 valence electrons. The fourth-order valence-electron chi connectivity index (χ4n) is 2.42. The summed E-state index contributed by atoms with van der Waals surface area (Å²) in [6.45, 7) is 0. The Morgan fingerprint density at radius 1 is 1.00 bits per heavy atom. The van der Waals surface area contributed by atoms with Crippen LogP contribution in [-0.4, -0.2) is 41.4 Å². The first-order chi connectivity index (χ1) is 9.18. The third-order valence-corrected chi connectivity index (χ3v) is 3.25. The number of primary amides is 1. The van der Waals surface area contributed by atoms with Crippen molar-refractivity contribution in [2.45, 2.75) is 6.42 Å². The van der Waals surface area contributed by atoms with Crippen LogP contribution >= 0.6 is 0 Å². The van der Waals surface area contributed by atoms with Crippen LogP contribution in [0.1, 0.15) is 15.9 Å². The van der Waals surface area contributed by atoms with Crippen LogP contribution in [0, 0.1) is 0 Å². The number of nitrogens with zero attached hydrogens (tertiary/aromatic N) is 1. The second kappa shape index (κ2) is 5.79. The average Bonchev–Trinajstić information content (AvgIpc) is 2.53. The van der Waals surface area contributed by atoms with Gasteiger partial charge in [-0.15, -0.1) is 0 Å². The van der Waals surface area contributed by atoms with Crippen molar-refractivity contribution in [2.24, 2.45) is 5.73 Å². The SMILES string of the molecule is NC(=O)N1c2ccccc2CC(=O)c2ccccc21.[NaH]. The van der Waals surface area contributed by atoms with Crippen molar-refractivity contribution in [1.29, 1.82) is 0 Å². The second-order valence-corrected chi connectivity index (χ2v) is 4.42. The van der Waals surface area contributed by atoms with E-state index in [9.17, 15) is 9.59 Å². The number of benzene rings is 2. The molecular weight excluding hydrogens is 263 g/mol. The molecule has 0 aliphatic carbocycles. The molecule has 0 saturated carbocycles. The molecule has 0 aromatic heterocycles. The molecule has 0 bridgehead atoms. The van der Waals surface area contributed by atoms with Crippen LogP contribution in [-0.2, 0) is 6.42 Å². The summed E-state index contributed by atoms with van der Waals surface area (Å²) in [5.41, 5.74) is 8.04. The monoisotopic (exact) mass is 276 g/mol. The molecule has 0 saturated heterocycles. The van der Waals surface area contributed by atoms with E-state index in [-0.39, 0.29) is 41.8 Å². The predicted octanol–water partition coefficient (Wildman–Crippen LogP) is 1.99. The number of anilines is 2. The summed E-state index contributed by atoms with van der Waals surface area (Å²) in [4.78, 5) is 25.4. The molecule has 3 rings (SSSR count). The van der Waals surface area contributed by atoms with Gasteiger partial charge in [-0.05, 0) is 23.8 Å². The fourth-order valence-corrected chi connectivity index (χ4v) is 2.42. The standard InChI is InChI=1S/C15H12N2O2.Na.H/c16-15(19)17-12-7-3-1-5-10(12)9-14(18)11-6-2-4-8-13(11)17;;/h1-8H,9H2,(H2,16,19);;. The van der Waals surface area contributed by atoms with Gasteiger partial charge in [0, 0.05) is 12.0 Å². The summed E-state index contributed by atoms with van der Waals surface area (Å²) in [5.74, 6) is -0.00759. The third-order valence-electron chi connectivity index (χ3n) is 3.25. The molecule has 2 aromatic rings. The topological polar surface area (TPSA) is 63.4 Å². The Labute approximate surface area is 138 Å². The van der Waals surface area contributed by atoms with Gasteiger partial charge in [0.05, 0.1) is 11.4 Å². The molecule has 2 N–H and O–H groups in total. The van der Waals surface area contributed by atoms with E-state index in [1.165, 1.54) is 4.90 Å². The molecule has 2 aromatic carbocycles. The molecule has 5 heteroatoms. The summed E-state index contributed by atoms with van der Waals surface area (Å²) < 4.78 is 0. The molecule has 20 heavy (non-hydrogen) atoms. The van der Waals surface area contributed by atoms with Crippen LogP contribution in [0.4, 0.5) is 16.2 Å². The Bertz CT molecular complexity index is 685. The minimum absolute atomic E-state index is 0. The van der Waals surface area contributed by atoms with Crippen LogP contribution in [0.2, 0.25) is 0 Å². The van der Waals surface area contributed by atoms with Gasteiger partial charge in [0.25, 0.3) is 0 Å². The number of amides is 2. The summed E-state index contributed by atoms with van der Waals surface area (Å²) in [5, 5.41) is 0. The number of rotatable bonds is 0. The minimum atomic E-state index is -0.588. The quantitative estimate of drug-likeness (QED) is 0.748. The number of carbonyl (C=O) groups excluding carboxylic acids is 2. The third kappa shape index (κ3) is 2.38. The van der Waals surface area contributed by atoms with Crippen LogP contribution in [0.3, 0.4) is 0 Å². The van der Waals surface area contributed by atoms with Crippen LogP contribution in [0.15, 0.2) is 48.5 Å². The Hall–Kier alpha value is -1.62. The maximum absolute atomic E-state index is 12.3. The zero-order chi connectivity index (χ0) is 13.4. The zero-order valence-corrected chi connectivity index (χ0v) is 10.2. The van der Waals surface area contributed by atoms with Crippen molar-refractivity contribution in [3.63, 3.8) is 0 Å². The normalized spacial score (nSPS) is 12.8. The number of para-hydroxylation sites is 2. The summed E-state index contributed by atoms with van der Waals surface area (Å²) in [6, 6.07) is 13.8. The van der Waals surface area contributed by atoms with E-state index in [1.54, 1.807) is 30.3 Å². The fraction of sp³-hybridized carbons (Fsp3) is 0.0667. The van der Waals surface area contributed by atoms with E-state index >= 15 is 0 Å². The number of Topliss-reactive ketones (excluding diaryl/α,β-unsaturated/α-hetero) is 1. The number of nitrogens with two attached hydrogens (primary N) is 1. The first kappa shape index (κ1) is 14.8. The Balaban J connectivity index is 0.00000147. The molecule has 0 radical (unpaired) electrons. The molecule has 0 spiro atoms. The van der Waals surface area contributed by atoms with Gasteiger partial charge in [-0.25, -0.2) is 4.79 Å². The maximum atomic E-state index is 12.3. The number of fused-ring (bicyclic) bond motifs is 2. The first-order valence-electron chi connectivity index (χ1n) is 5.98. The molecule has 0 fully saturated rings. The summed E-state index contributed by atoms with van der Waals surface area (Å²) >= 11 is 0. The Kier molecular flexibility index (Phi) is 4.28. The van der Waals surface area contributed by atoms with Gasteiger partial charge in [0.2, 0.25) is 0 Å². The predicted molar refractivity (Wildman–Crippen MR) is 79.8 cm³/mol. The van der Waals surface area contributed by atoms with E-state index in [4.69, 9.17) is 5.73 Å². The van der Waals surface area contributed by atoms with Crippen LogP contribution in [0.25, 0.3) is 0 Å². The van der Waals surface area contributed by atoms with E-state index in [2.05, 4.69) is 0 Å². The van der Waals surface area contributed by atoms with Gasteiger partial charge >= 0.3 is 35.6 Å². The average molecular weight is 276 g/mol. The summed E-state index contributed by atoms with van der Waals surface area (Å²) in [7, 11) is 0. The molecule has 1 heterocycles. The van der Waals surface area contributed by atoms with Crippen molar-refractivity contribution in [3.05, 3.63) is 59.7 Å². The van der Waals surface area contributed by atoms with E-state index in [1.807, 2.05) is 18.2 Å². The Morgan fingerprint density at radius 2 is 1.60 bits per heavy atom. The molecule has 2 amide bonds. The molecule has 4 nitrogen and oxygen atoms in total. The van der Waals surface area contributed by atoms with Gasteiger partial charge in [0.15, 0.2) is 5.78 Å². The number of urea groups is 1. The summed E-state index contributed by atoms with van der Waals surface area (Å²) in [6.07, 6.45) is 0.275. The zero-order valence-electron chi connectivity index (χ0n) is 10.2.